The average Bonchev–Trinajstić information content (AvgIpc) is 3.74. The number of nitrogens with zero attached hydrogens (tertiary/aromatic N) is 6. The van der Waals surface area contributed by atoms with Crippen LogP contribution in [0.25, 0.3) is 11.4 Å². The van der Waals surface area contributed by atoms with E-state index < -0.39 is 12.7 Å². The molecule has 0 unspecified atom stereocenters. The van der Waals surface area contributed by atoms with Crippen LogP contribution in [0.5, 0.6) is 11.5 Å². The molecule has 0 atom stereocenters. The fourth-order valence-electron chi connectivity index (χ4n) is 3.59. The fraction of sp³-hybridized carbons (Fsp3) is 0.0588. The van der Waals surface area contributed by atoms with Gasteiger partial charge in [-0.15, -0.1) is 32.8 Å². The van der Waals surface area contributed by atoms with E-state index in [-0.39, 0.29) is 11.5 Å². The molecule has 0 bridgehead atoms. The lowest BCUT2D eigenvalue weighted by molar-refractivity contribution is -0.275. The second-order valence-corrected chi connectivity index (χ2v) is 10.4. The number of pyridine rings is 2. The predicted molar refractivity (Wildman–Crippen MR) is 176 cm³/mol. The molecule has 0 fully saturated rings. The van der Waals surface area contributed by atoms with Crippen LogP contribution in [0.1, 0.15) is 17.0 Å². The summed E-state index contributed by atoms with van der Waals surface area (Å²) in [6.45, 7) is 0. The Morgan fingerprint density at radius 1 is 0.612 bits per heavy atom. The molecule has 4 heterocycles. The van der Waals surface area contributed by atoms with Crippen LogP contribution in [0.3, 0.4) is 0 Å². The maximum atomic E-state index is 12.1. The Labute approximate surface area is 289 Å². The number of hydrogen-bond donors (Lipinski definition) is 0. The highest BCUT2D eigenvalue weighted by Crippen LogP contribution is 2.25. The first-order chi connectivity index (χ1) is 23.4. The summed E-state index contributed by atoms with van der Waals surface area (Å²) in [4.78, 5) is 7.95. The smallest absolute Gasteiger partial charge is 0.406 e. The molecular formula is C34H21F6IN6O2. The Balaban J connectivity index is 0.000000187. The highest BCUT2D eigenvalue weighted by molar-refractivity contribution is 14.1. The number of benzene rings is 2. The first kappa shape index (κ1) is 36.0. The van der Waals surface area contributed by atoms with Crippen molar-refractivity contribution in [3.63, 3.8) is 0 Å². The van der Waals surface area contributed by atoms with Gasteiger partial charge in [-0.25, -0.2) is 19.3 Å². The Kier molecular flexibility index (Phi) is 12.4. The molecule has 0 spiro atoms. The maximum Gasteiger partial charge on any atom is 0.573 e. The van der Waals surface area contributed by atoms with Gasteiger partial charge in [0.15, 0.2) is 0 Å². The lowest BCUT2D eigenvalue weighted by Gasteiger charge is -2.09. The summed E-state index contributed by atoms with van der Waals surface area (Å²) < 4.78 is 83.8. The van der Waals surface area contributed by atoms with Gasteiger partial charge in [0.05, 0.1) is 32.9 Å². The van der Waals surface area contributed by atoms with Crippen LogP contribution in [-0.4, -0.2) is 42.3 Å². The first-order valence-corrected chi connectivity index (χ1v) is 14.7. The molecule has 0 radical (unpaired) electrons. The third-order valence-corrected chi connectivity index (χ3v) is 6.17. The molecule has 49 heavy (non-hydrogen) atoms. The Bertz CT molecular complexity index is 2010. The molecule has 4 aromatic heterocycles. The van der Waals surface area contributed by atoms with E-state index in [4.69, 9.17) is 6.42 Å². The molecule has 0 saturated heterocycles. The minimum Gasteiger partial charge on any atom is -0.406 e. The zero-order valence-corrected chi connectivity index (χ0v) is 26.9. The standard InChI is InChI=1S/C17H10F3N3O.C10H6F3IN2O.C7H5N/c18-17(19,20)24-16-8-6-15(7-9-16)23-12-13(11-22-23)4-5-14-3-1-2-10-21-14;11-10(12,13)17-9-3-1-8(2-4-9)16-6-7(14)5-15-16;1-2-7-5-3-4-6-8-7/h1-3,6-12H;1-6H;1,3-6H. The number of hydrogen-bond acceptors (Lipinski definition) is 6. The highest BCUT2D eigenvalue weighted by Gasteiger charge is 2.31. The molecule has 0 aliphatic carbocycles. The van der Waals surface area contributed by atoms with Crippen LogP contribution in [0.15, 0.2) is 122 Å². The monoisotopic (exact) mass is 786 g/mol. The van der Waals surface area contributed by atoms with Crippen LogP contribution >= 0.6 is 22.6 Å². The summed E-state index contributed by atoms with van der Waals surface area (Å²) in [5.74, 6) is 7.71. The lowest BCUT2D eigenvalue weighted by Crippen LogP contribution is -2.17. The van der Waals surface area contributed by atoms with E-state index in [1.807, 2.05) is 18.2 Å². The van der Waals surface area contributed by atoms with Gasteiger partial charge in [-0.1, -0.05) is 24.0 Å². The molecule has 0 saturated carbocycles. The molecule has 15 heteroatoms. The molecule has 248 valence electrons. The number of ether oxygens (including phenoxy) is 2. The van der Waals surface area contributed by atoms with Gasteiger partial charge in [0.25, 0.3) is 0 Å². The van der Waals surface area contributed by atoms with Gasteiger partial charge in [0.1, 0.15) is 22.9 Å². The van der Waals surface area contributed by atoms with E-state index in [0.717, 1.165) is 3.57 Å². The van der Waals surface area contributed by atoms with Crippen molar-refractivity contribution in [2.75, 3.05) is 0 Å². The van der Waals surface area contributed by atoms with Crippen molar-refractivity contribution in [3.8, 4) is 47.1 Å². The van der Waals surface area contributed by atoms with Gasteiger partial charge in [-0.2, -0.15) is 10.2 Å². The van der Waals surface area contributed by atoms with E-state index in [1.54, 1.807) is 60.1 Å². The lowest BCUT2D eigenvalue weighted by atomic mass is 10.3. The van der Waals surface area contributed by atoms with Gasteiger partial charge < -0.3 is 9.47 Å². The van der Waals surface area contributed by atoms with Crippen molar-refractivity contribution < 1.29 is 35.8 Å². The van der Waals surface area contributed by atoms with Crippen LogP contribution in [0, 0.1) is 27.8 Å². The van der Waals surface area contributed by atoms with Gasteiger partial charge in [0.2, 0.25) is 0 Å². The van der Waals surface area contributed by atoms with Gasteiger partial charge in [-0.05, 0) is 101 Å². The third kappa shape index (κ3) is 12.7. The topological polar surface area (TPSA) is 79.9 Å². The van der Waals surface area contributed by atoms with E-state index in [9.17, 15) is 26.3 Å². The molecule has 2 aromatic carbocycles. The van der Waals surface area contributed by atoms with Crippen LogP contribution in [0.4, 0.5) is 26.3 Å². The molecule has 0 N–H and O–H groups in total. The number of alkyl halides is 6. The molecule has 0 aliphatic rings. The summed E-state index contributed by atoms with van der Waals surface area (Å²) >= 11 is 2.10. The molecule has 0 amide bonds. The van der Waals surface area contributed by atoms with Crippen molar-refractivity contribution in [1.82, 2.24) is 29.5 Å². The average molecular weight is 786 g/mol. The van der Waals surface area contributed by atoms with E-state index in [1.165, 1.54) is 53.2 Å². The molecule has 8 nitrogen and oxygen atoms in total. The third-order valence-electron chi connectivity index (χ3n) is 5.62. The second-order valence-electron chi connectivity index (χ2n) is 9.18. The van der Waals surface area contributed by atoms with E-state index in [2.05, 4.69) is 70.0 Å². The quantitative estimate of drug-likeness (QED) is 0.102. The van der Waals surface area contributed by atoms with Crippen LogP contribution in [0.2, 0.25) is 0 Å². The predicted octanol–water partition coefficient (Wildman–Crippen LogP) is 8.00. The van der Waals surface area contributed by atoms with Crippen LogP contribution < -0.4 is 9.47 Å². The maximum absolute atomic E-state index is 12.1. The second kappa shape index (κ2) is 16.8. The molecule has 6 rings (SSSR count). The van der Waals surface area contributed by atoms with Crippen molar-refractivity contribution in [2.45, 2.75) is 12.7 Å². The summed E-state index contributed by atoms with van der Waals surface area (Å²) in [7, 11) is 0. The van der Waals surface area contributed by atoms with Crippen molar-refractivity contribution >= 4 is 22.6 Å². The Hall–Kier alpha value is -5.81. The largest absolute Gasteiger partial charge is 0.573 e. The fourth-order valence-corrected chi connectivity index (χ4v) is 3.98. The van der Waals surface area contributed by atoms with E-state index >= 15 is 0 Å². The normalized spacial score (nSPS) is 10.6. The summed E-state index contributed by atoms with van der Waals surface area (Å²) in [6.07, 6.45) is 5.65. The van der Waals surface area contributed by atoms with Crippen molar-refractivity contribution in [3.05, 3.63) is 143 Å². The molecule has 6 aromatic rings. The Morgan fingerprint density at radius 3 is 1.51 bits per heavy atom. The number of aromatic nitrogens is 6. The van der Waals surface area contributed by atoms with Gasteiger partial charge in [0, 0.05) is 24.8 Å². The van der Waals surface area contributed by atoms with E-state index in [0.29, 0.717) is 28.3 Å². The van der Waals surface area contributed by atoms with Crippen molar-refractivity contribution in [2.24, 2.45) is 0 Å². The Morgan fingerprint density at radius 2 is 1.10 bits per heavy atom. The summed E-state index contributed by atoms with van der Waals surface area (Å²) in [6, 6.07) is 21.8. The summed E-state index contributed by atoms with van der Waals surface area (Å²) in [5.41, 5.74) is 3.25. The zero-order chi connectivity index (χ0) is 35.3. The van der Waals surface area contributed by atoms with Crippen LogP contribution in [-0.2, 0) is 0 Å². The zero-order valence-electron chi connectivity index (χ0n) is 24.8. The van der Waals surface area contributed by atoms with Crippen molar-refractivity contribution in [1.29, 1.82) is 0 Å². The summed E-state index contributed by atoms with van der Waals surface area (Å²) in [5, 5.41) is 8.17. The highest BCUT2D eigenvalue weighted by atomic mass is 127. The number of terminal acetylenes is 1. The number of rotatable bonds is 4. The number of halogens is 7. The minimum atomic E-state index is -4.71. The first-order valence-electron chi connectivity index (χ1n) is 13.6. The minimum absolute atomic E-state index is 0.247. The van der Waals surface area contributed by atoms with Gasteiger partial charge >= 0.3 is 12.7 Å². The molecule has 0 aliphatic heterocycles. The van der Waals surface area contributed by atoms with Gasteiger partial charge in [-0.3, -0.25) is 0 Å². The SMILES string of the molecule is C#Cc1ccccn1.FC(F)(F)Oc1ccc(-n2cc(C#Cc3ccccn3)cn2)cc1.FC(F)(F)Oc1ccc(-n2cc(I)cn2)cc1. The molecular weight excluding hydrogens is 765 g/mol.